The number of carbonyl (C=O) groups excluding carboxylic acids is 1. The molecular weight excluding hydrogens is 253 g/mol. The van der Waals surface area contributed by atoms with Gasteiger partial charge in [-0.05, 0) is 12.1 Å². The molecular formula is C9H7BrFNO2. The molecule has 1 aromatic carbocycles. The van der Waals surface area contributed by atoms with E-state index in [1.165, 1.54) is 6.07 Å². The number of benzene rings is 1. The van der Waals surface area contributed by atoms with Crippen LogP contribution < -0.4 is 5.32 Å². The summed E-state index contributed by atoms with van der Waals surface area (Å²) in [5.74, 6) is -0.352. The summed E-state index contributed by atoms with van der Waals surface area (Å²) < 4.78 is 18.7. The van der Waals surface area contributed by atoms with Crippen LogP contribution in [0.25, 0.3) is 0 Å². The Bertz CT molecular complexity index is 383. The third-order valence-electron chi connectivity index (χ3n) is 2.01. The zero-order chi connectivity index (χ0) is 10.1. The van der Waals surface area contributed by atoms with E-state index in [0.29, 0.717) is 10.0 Å². The minimum Gasteiger partial charge on any atom is -0.447 e. The Labute approximate surface area is 88.4 Å². The van der Waals surface area contributed by atoms with Crippen molar-refractivity contribution in [3.8, 4) is 0 Å². The normalized spacial score (nSPS) is 20.4. The maximum Gasteiger partial charge on any atom is 0.407 e. The predicted molar refractivity (Wildman–Crippen MR) is 51.3 cm³/mol. The van der Waals surface area contributed by atoms with E-state index in [9.17, 15) is 9.18 Å². The minimum absolute atomic E-state index is 0.178. The fourth-order valence-corrected chi connectivity index (χ4v) is 1.67. The van der Waals surface area contributed by atoms with Gasteiger partial charge in [-0.15, -0.1) is 0 Å². The van der Waals surface area contributed by atoms with E-state index >= 15 is 0 Å². The van der Waals surface area contributed by atoms with Gasteiger partial charge < -0.3 is 10.1 Å². The maximum atomic E-state index is 13.4. The van der Waals surface area contributed by atoms with E-state index < -0.39 is 6.09 Å². The Balaban J connectivity index is 2.28. The minimum atomic E-state index is -0.502. The topological polar surface area (TPSA) is 38.3 Å². The van der Waals surface area contributed by atoms with E-state index in [1.54, 1.807) is 12.1 Å². The van der Waals surface area contributed by atoms with Gasteiger partial charge >= 0.3 is 6.09 Å². The molecule has 5 heteroatoms. The molecule has 1 unspecified atom stereocenters. The molecule has 0 spiro atoms. The average Bonchev–Trinajstić information content (AvgIpc) is 2.51. The molecule has 0 aromatic heterocycles. The van der Waals surface area contributed by atoms with Gasteiger partial charge in [-0.25, -0.2) is 9.18 Å². The molecule has 0 saturated carbocycles. The van der Waals surface area contributed by atoms with Crippen molar-refractivity contribution in [3.63, 3.8) is 0 Å². The number of hydrogen-bond acceptors (Lipinski definition) is 2. The van der Waals surface area contributed by atoms with Gasteiger partial charge in [-0.1, -0.05) is 22.0 Å². The molecule has 2 rings (SSSR count). The third-order valence-corrected chi connectivity index (χ3v) is 2.50. The Morgan fingerprint density at radius 3 is 2.93 bits per heavy atom. The van der Waals surface area contributed by atoms with Gasteiger partial charge in [0.1, 0.15) is 12.4 Å². The lowest BCUT2D eigenvalue weighted by Crippen LogP contribution is -2.19. The largest absolute Gasteiger partial charge is 0.447 e. The summed E-state index contributed by atoms with van der Waals surface area (Å²) in [6.07, 6.45) is -0.502. The first-order valence-corrected chi connectivity index (χ1v) is 4.84. The Morgan fingerprint density at radius 2 is 2.36 bits per heavy atom. The lowest BCUT2D eigenvalue weighted by atomic mass is 10.1. The molecule has 0 radical (unpaired) electrons. The fourth-order valence-electron chi connectivity index (χ4n) is 1.34. The monoisotopic (exact) mass is 259 g/mol. The van der Waals surface area contributed by atoms with Crippen LogP contribution in [0, 0.1) is 5.82 Å². The molecule has 1 saturated heterocycles. The van der Waals surface area contributed by atoms with Gasteiger partial charge in [0.05, 0.1) is 6.04 Å². The highest BCUT2D eigenvalue weighted by Gasteiger charge is 2.25. The Morgan fingerprint density at radius 1 is 1.57 bits per heavy atom. The number of halogens is 2. The highest BCUT2D eigenvalue weighted by Crippen LogP contribution is 2.23. The molecule has 14 heavy (non-hydrogen) atoms. The lowest BCUT2D eigenvalue weighted by Gasteiger charge is -2.08. The van der Waals surface area contributed by atoms with Crippen LogP contribution in [0.4, 0.5) is 9.18 Å². The standard InChI is InChI=1S/C9H7BrFNO2/c10-5-1-2-6(7(11)3-5)8-4-14-9(13)12-8/h1-3,8H,4H2,(H,12,13). The lowest BCUT2D eigenvalue weighted by molar-refractivity contribution is 0.177. The van der Waals surface area contributed by atoms with Crippen molar-refractivity contribution >= 4 is 22.0 Å². The van der Waals surface area contributed by atoms with E-state index in [1.807, 2.05) is 0 Å². The first-order valence-electron chi connectivity index (χ1n) is 4.05. The van der Waals surface area contributed by atoms with Crippen LogP contribution in [-0.4, -0.2) is 12.7 Å². The van der Waals surface area contributed by atoms with Gasteiger partial charge in [0, 0.05) is 10.0 Å². The summed E-state index contributed by atoms with van der Waals surface area (Å²) in [6.45, 7) is 0.178. The number of amides is 1. The first kappa shape index (κ1) is 9.45. The third kappa shape index (κ3) is 1.72. The summed E-state index contributed by atoms with van der Waals surface area (Å²) in [7, 11) is 0. The zero-order valence-corrected chi connectivity index (χ0v) is 8.67. The second-order valence-electron chi connectivity index (χ2n) is 2.96. The molecule has 1 atom stereocenters. The van der Waals surface area contributed by atoms with E-state index in [2.05, 4.69) is 26.0 Å². The Hall–Kier alpha value is -1.10. The summed E-state index contributed by atoms with van der Waals surface area (Å²) in [5.41, 5.74) is 0.444. The number of ether oxygens (including phenoxy) is 1. The number of cyclic esters (lactones) is 1. The number of rotatable bonds is 1. The molecule has 74 valence electrons. The van der Waals surface area contributed by atoms with Crippen molar-refractivity contribution in [2.24, 2.45) is 0 Å². The van der Waals surface area contributed by atoms with Crippen molar-refractivity contribution < 1.29 is 13.9 Å². The van der Waals surface area contributed by atoms with E-state index in [-0.39, 0.29) is 18.5 Å². The summed E-state index contributed by atoms with van der Waals surface area (Å²) >= 11 is 3.16. The molecule has 1 aromatic rings. The molecule has 1 heterocycles. The van der Waals surface area contributed by atoms with Gasteiger partial charge in [-0.2, -0.15) is 0 Å². The predicted octanol–water partition coefficient (Wildman–Crippen LogP) is 2.37. The fraction of sp³-hybridized carbons (Fsp3) is 0.222. The van der Waals surface area contributed by atoms with Crippen LogP contribution in [0.2, 0.25) is 0 Å². The smallest absolute Gasteiger partial charge is 0.407 e. The highest BCUT2D eigenvalue weighted by atomic mass is 79.9. The van der Waals surface area contributed by atoms with Crippen molar-refractivity contribution in [1.29, 1.82) is 0 Å². The maximum absolute atomic E-state index is 13.4. The van der Waals surface area contributed by atoms with Crippen LogP contribution in [-0.2, 0) is 4.74 Å². The van der Waals surface area contributed by atoms with Gasteiger partial charge in [0.25, 0.3) is 0 Å². The molecule has 0 bridgehead atoms. The molecule has 1 amide bonds. The first-order chi connectivity index (χ1) is 6.66. The molecule has 1 fully saturated rings. The molecule has 3 nitrogen and oxygen atoms in total. The zero-order valence-electron chi connectivity index (χ0n) is 7.09. The van der Waals surface area contributed by atoms with E-state index in [4.69, 9.17) is 0 Å². The van der Waals surface area contributed by atoms with Gasteiger partial charge in [-0.3, -0.25) is 0 Å². The highest BCUT2D eigenvalue weighted by molar-refractivity contribution is 9.10. The van der Waals surface area contributed by atoms with Crippen molar-refractivity contribution in [2.75, 3.05) is 6.61 Å². The number of carbonyl (C=O) groups is 1. The molecule has 1 N–H and O–H groups in total. The van der Waals surface area contributed by atoms with Crippen molar-refractivity contribution in [1.82, 2.24) is 5.32 Å². The van der Waals surface area contributed by atoms with Gasteiger partial charge in [0.15, 0.2) is 0 Å². The second kappa shape index (κ2) is 3.57. The second-order valence-corrected chi connectivity index (χ2v) is 3.88. The molecule has 1 aliphatic heterocycles. The Kier molecular flexibility index (Phi) is 2.41. The average molecular weight is 260 g/mol. The van der Waals surface area contributed by atoms with Gasteiger partial charge in [0.2, 0.25) is 0 Å². The summed E-state index contributed by atoms with van der Waals surface area (Å²) in [4.78, 5) is 10.7. The molecule has 1 aliphatic rings. The summed E-state index contributed by atoms with van der Waals surface area (Å²) in [6, 6.07) is 4.33. The quantitative estimate of drug-likeness (QED) is 0.841. The SMILES string of the molecule is O=C1NC(c2ccc(Br)cc2F)CO1. The van der Waals surface area contributed by atoms with Crippen molar-refractivity contribution in [3.05, 3.63) is 34.1 Å². The van der Waals surface area contributed by atoms with Crippen LogP contribution in [0.3, 0.4) is 0 Å². The summed E-state index contributed by atoms with van der Waals surface area (Å²) in [5, 5.41) is 2.51. The van der Waals surface area contributed by atoms with Crippen molar-refractivity contribution in [2.45, 2.75) is 6.04 Å². The number of nitrogens with one attached hydrogen (secondary N) is 1. The van der Waals surface area contributed by atoms with Crippen LogP contribution in [0.1, 0.15) is 11.6 Å². The van der Waals surface area contributed by atoms with Crippen LogP contribution in [0.5, 0.6) is 0 Å². The number of alkyl carbamates (subject to hydrolysis) is 1. The number of hydrogen-bond donors (Lipinski definition) is 1. The van der Waals surface area contributed by atoms with Crippen LogP contribution >= 0.6 is 15.9 Å². The molecule has 0 aliphatic carbocycles. The van der Waals surface area contributed by atoms with E-state index in [0.717, 1.165) is 0 Å². The van der Waals surface area contributed by atoms with Crippen LogP contribution in [0.15, 0.2) is 22.7 Å².